The second-order valence-electron chi connectivity index (χ2n) is 6.40. The molecule has 0 saturated heterocycles. The third kappa shape index (κ3) is 3.65. The van der Waals surface area contributed by atoms with Gasteiger partial charge >= 0.3 is 5.97 Å². The Morgan fingerprint density at radius 3 is 2.41 bits per heavy atom. The van der Waals surface area contributed by atoms with E-state index in [9.17, 15) is 14.0 Å². The van der Waals surface area contributed by atoms with E-state index >= 15 is 0 Å². The predicted octanol–water partition coefficient (Wildman–Crippen LogP) is 5.74. The first-order chi connectivity index (χ1) is 14.1. The summed E-state index contributed by atoms with van der Waals surface area (Å²) in [6.45, 7) is 0. The number of hydrogen-bond donors (Lipinski definition) is 1. The monoisotopic (exact) mass is 407 g/mol. The summed E-state index contributed by atoms with van der Waals surface area (Å²) in [5.74, 6) is -2.24. The summed E-state index contributed by atoms with van der Waals surface area (Å²) in [6, 6.07) is 19.8. The fourth-order valence-corrected chi connectivity index (χ4v) is 3.42. The molecule has 0 bridgehead atoms. The number of fused-ring (bicyclic) bond motifs is 1. The van der Waals surface area contributed by atoms with Gasteiger partial charge in [-0.05, 0) is 18.2 Å². The lowest BCUT2D eigenvalue weighted by atomic mass is 9.99. The Hall–Kier alpha value is -3.44. The molecule has 1 heterocycles. The van der Waals surface area contributed by atoms with E-state index in [0.29, 0.717) is 16.5 Å². The highest BCUT2D eigenvalue weighted by molar-refractivity contribution is 6.33. The first-order valence-corrected chi connectivity index (χ1v) is 9.24. The van der Waals surface area contributed by atoms with Gasteiger partial charge in [-0.25, -0.2) is 9.18 Å². The zero-order valence-corrected chi connectivity index (χ0v) is 15.8. The average molecular weight is 408 g/mol. The molecular weight excluding hydrogens is 393 g/mol. The third-order valence-corrected chi connectivity index (χ3v) is 4.90. The molecule has 6 heteroatoms. The third-order valence-electron chi connectivity index (χ3n) is 4.59. The zero-order valence-electron chi connectivity index (χ0n) is 15.1. The van der Waals surface area contributed by atoms with Gasteiger partial charge in [0, 0.05) is 28.2 Å². The Labute approximate surface area is 170 Å². The van der Waals surface area contributed by atoms with Crippen LogP contribution in [-0.2, 0) is 4.74 Å². The first kappa shape index (κ1) is 18.9. The van der Waals surface area contributed by atoms with Gasteiger partial charge in [0.25, 0.3) is 0 Å². The second-order valence-corrected chi connectivity index (χ2v) is 6.81. The number of para-hydroxylation sites is 1. The molecule has 0 aliphatic rings. The van der Waals surface area contributed by atoms with Crippen molar-refractivity contribution in [1.29, 1.82) is 0 Å². The van der Waals surface area contributed by atoms with Crippen LogP contribution in [0.1, 0.15) is 32.4 Å². The molecule has 1 aromatic heterocycles. The van der Waals surface area contributed by atoms with E-state index in [1.165, 1.54) is 12.1 Å². The molecule has 0 fully saturated rings. The molecule has 29 heavy (non-hydrogen) atoms. The van der Waals surface area contributed by atoms with Gasteiger partial charge in [0.05, 0.1) is 5.02 Å². The topological polar surface area (TPSA) is 59.2 Å². The maximum atomic E-state index is 14.2. The summed E-state index contributed by atoms with van der Waals surface area (Å²) in [4.78, 5) is 29.1. The average Bonchev–Trinajstić information content (AvgIpc) is 3.16. The van der Waals surface area contributed by atoms with Crippen molar-refractivity contribution < 1.29 is 18.7 Å². The lowest BCUT2D eigenvalue weighted by molar-refractivity contribution is 0.0276. The highest BCUT2D eigenvalue weighted by Gasteiger charge is 2.30. The van der Waals surface area contributed by atoms with Crippen LogP contribution in [0.5, 0.6) is 0 Å². The van der Waals surface area contributed by atoms with Crippen LogP contribution in [0.3, 0.4) is 0 Å². The maximum absolute atomic E-state index is 14.2. The summed E-state index contributed by atoms with van der Waals surface area (Å²) in [7, 11) is 0. The van der Waals surface area contributed by atoms with Crippen molar-refractivity contribution in [2.45, 2.75) is 6.10 Å². The number of Topliss-reactive ketones (excluding diaryl/α,β-unsaturated/α-hetero) is 1. The highest BCUT2D eigenvalue weighted by atomic mass is 35.5. The number of rotatable bonds is 5. The first-order valence-electron chi connectivity index (χ1n) is 8.86. The van der Waals surface area contributed by atoms with E-state index in [2.05, 4.69) is 4.98 Å². The minimum Gasteiger partial charge on any atom is -0.445 e. The Kier molecular flexibility index (Phi) is 5.14. The smallest absolute Gasteiger partial charge is 0.343 e. The van der Waals surface area contributed by atoms with Gasteiger partial charge in [-0.2, -0.15) is 0 Å². The van der Waals surface area contributed by atoms with Crippen LogP contribution in [0.25, 0.3) is 10.9 Å². The standard InChI is InChI=1S/C23H15ClFNO3/c24-17-10-6-11-18(25)20(17)23(28)29-22(14-7-2-1-3-8-14)21(27)16-13-26-19-12-5-4-9-15(16)19/h1-13,22,26H. The summed E-state index contributed by atoms with van der Waals surface area (Å²) in [6.07, 6.45) is 0.325. The minimum absolute atomic E-state index is 0.0821. The summed E-state index contributed by atoms with van der Waals surface area (Å²) >= 11 is 5.98. The fraction of sp³-hybridized carbons (Fsp3) is 0.0435. The second kappa shape index (κ2) is 7.89. The summed E-state index contributed by atoms with van der Waals surface area (Å²) in [5, 5.41) is 0.625. The molecule has 4 rings (SSSR count). The number of halogens is 2. The van der Waals surface area contributed by atoms with Crippen molar-refractivity contribution in [3.8, 4) is 0 Å². The lowest BCUT2D eigenvalue weighted by Gasteiger charge is -2.18. The number of H-pyrrole nitrogens is 1. The number of aromatic amines is 1. The number of ether oxygens (including phenoxy) is 1. The molecule has 1 atom stereocenters. The molecule has 4 aromatic rings. The van der Waals surface area contributed by atoms with E-state index in [-0.39, 0.29) is 5.02 Å². The van der Waals surface area contributed by atoms with Crippen LogP contribution in [0.15, 0.2) is 79.0 Å². The normalized spacial score (nSPS) is 11.9. The van der Waals surface area contributed by atoms with Gasteiger partial charge < -0.3 is 9.72 Å². The van der Waals surface area contributed by atoms with Crippen molar-refractivity contribution in [3.63, 3.8) is 0 Å². The van der Waals surface area contributed by atoms with Crippen LogP contribution >= 0.6 is 11.6 Å². The van der Waals surface area contributed by atoms with Crippen LogP contribution in [-0.4, -0.2) is 16.7 Å². The van der Waals surface area contributed by atoms with Crippen molar-refractivity contribution in [1.82, 2.24) is 4.98 Å². The van der Waals surface area contributed by atoms with Crippen molar-refractivity contribution in [2.75, 3.05) is 0 Å². The summed E-state index contributed by atoms with van der Waals surface area (Å²) in [5.41, 5.74) is 1.23. The molecule has 0 spiro atoms. The quantitative estimate of drug-likeness (QED) is 0.339. The SMILES string of the molecule is O=C(OC(C(=O)c1c[nH]c2ccccc12)c1ccccc1)c1c(F)cccc1Cl. The molecule has 0 aliphatic heterocycles. The van der Waals surface area contributed by atoms with E-state index < -0.39 is 29.2 Å². The van der Waals surface area contributed by atoms with E-state index in [1.54, 1.807) is 42.6 Å². The Bertz CT molecular complexity index is 1180. The van der Waals surface area contributed by atoms with Crippen molar-refractivity contribution in [3.05, 3.63) is 107 Å². The van der Waals surface area contributed by atoms with Gasteiger partial charge in [0.1, 0.15) is 11.4 Å². The molecule has 1 N–H and O–H groups in total. The lowest BCUT2D eigenvalue weighted by Crippen LogP contribution is -2.21. The maximum Gasteiger partial charge on any atom is 0.343 e. The van der Waals surface area contributed by atoms with E-state index in [1.807, 2.05) is 18.2 Å². The van der Waals surface area contributed by atoms with Crippen molar-refractivity contribution >= 4 is 34.3 Å². The molecular formula is C23H15ClFNO3. The predicted molar refractivity (Wildman–Crippen MR) is 109 cm³/mol. The van der Waals surface area contributed by atoms with Crippen LogP contribution in [0.2, 0.25) is 5.02 Å². The summed E-state index contributed by atoms with van der Waals surface area (Å²) < 4.78 is 19.7. The molecule has 1 unspecified atom stereocenters. The van der Waals surface area contributed by atoms with Gasteiger partial charge in [-0.3, -0.25) is 4.79 Å². The molecule has 0 saturated carbocycles. The van der Waals surface area contributed by atoms with E-state index in [0.717, 1.165) is 11.6 Å². The Morgan fingerprint density at radius 1 is 0.931 bits per heavy atom. The van der Waals surface area contributed by atoms with Gasteiger partial charge in [0.15, 0.2) is 6.10 Å². The number of hydrogen-bond acceptors (Lipinski definition) is 3. The Morgan fingerprint density at radius 2 is 1.66 bits per heavy atom. The fourth-order valence-electron chi connectivity index (χ4n) is 3.18. The number of esters is 1. The molecule has 0 radical (unpaired) electrons. The number of nitrogens with one attached hydrogen (secondary N) is 1. The van der Waals surface area contributed by atoms with Crippen molar-refractivity contribution in [2.24, 2.45) is 0 Å². The van der Waals surface area contributed by atoms with Gasteiger partial charge in [0.2, 0.25) is 5.78 Å². The molecule has 0 aliphatic carbocycles. The van der Waals surface area contributed by atoms with Gasteiger partial charge in [-0.15, -0.1) is 0 Å². The molecule has 4 nitrogen and oxygen atoms in total. The number of carbonyl (C=O) groups is 2. The van der Waals surface area contributed by atoms with Gasteiger partial charge in [-0.1, -0.05) is 66.2 Å². The largest absolute Gasteiger partial charge is 0.445 e. The van der Waals surface area contributed by atoms with Crippen LogP contribution in [0, 0.1) is 5.82 Å². The molecule has 144 valence electrons. The number of carbonyl (C=O) groups excluding carboxylic acids is 2. The number of aromatic nitrogens is 1. The molecule has 3 aromatic carbocycles. The minimum atomic E-state index is -1.25. The van der Waals surface area contributed by atoms with Crippen LogP contribution < -0.4 is 0 Å². The Balaban J connectivity index is 1.75. The molecule has 0 amide bonds. The number of benzene rings is 3. The van der Waals surface area contributed by atoms with E-state index in [4.69, 9.17) is 16.3 Å². The van der Waals surface area contributed by atoms with Crippen LogP contribution in [0.4, 0.5) is 4.39 Å². The zero-order chi connectivity index (χ0) is 20.4. The highest BCUT2D eigenvalue weighted by Crippen LogP contribution is 2.29. The number of ketones is 1.